The summed E-state index contributed by atoms with van der Waals surface area (Å²) in [6.07, 6.45) is 7.24. The van der Waals surface area contributed by atoms with Gasteiger partial charge in [0, 0.05) is 21.7 Å². The molecule has 0 spiro atoms. The molecule has 2 aromatic rings. The lowest BCUT2D eigenvalue weighted by atomic mass is 9.91. The Balaban J connectivity index is 1.78. The Kier molecular flexibility index (Phi) is 3.65. The van der Waals surface area contributed by atoms with E-state index in [2.05, 4.69) is 30.1 Å². The van der Waals surface area contributed by atoms with Crippen LogP contribution in [0.25, 0.3) is 10.8 Å². The molecule has 3 rings (SSSR count). The molecule has 0 radical (unpaired) electrons. The van der Waals surface area contributed by atoms with Crippen molar-refractivity contribution in [2.75, 3.05) is 5.73 Å². The normalized spacial score (nSPS) is 23.6. The molecule has 19 heavy (non-hydrogen) atoms. The number of nitrogens with two attached hydrogens (primary N) is 1. The quantitative estimate of drug-likeness (QED) is 0.875. The second kappa shape index (κ2) is 5.41. The molecule has 3 heteroatoms. The number of rotatable bonds is 2. The van der Waals surface area contributed by atoms with Gasteiger partial charge in [-0.3, -0.25) is 0 Å². The first-order valence-electron chi connectivity index (χ1n) is 7.03. The fraction of sp³-hybridized carbons (Fsp3) is 0.438. The molecule has 0 atom stereocenters. The summed E-state index contributed by atoms with van der Waals surface area (Å²) in [5.41, 5.74) is 5.89. The standard InChI is InChI=1S/C16H20N2S/c1-11-2-4-13(5-3-11)19-14-6-7-15-12(10-14)8-9-18-16(15)17/h6-11,13H,2-5H2,1H3,(H2,17,18)/t11-,13+. The van der Waals surface area contributed by atoms with Crippen molar-refractivity contribution >= 4 is 28.4 Å². The average Bonchev–Trinajstić information content (AvgIpc) is 2.42. The fourth-order valence-corrected chi connectivity index (χ4v) is 4.03. The van der Waals surface area contributed by atoms with Gasteiger partial charge in [-0.05, 0) is 61.3 Å². The molecule has 0 unspecified atom stereocenters. The third-order valence-electron chi connectivity index (χ3n) is 4.03. The van der Waals surface area contributed by atoms with Gasteiger partial charge >= 0.3 is 0 Å². The van der Waals surface area contributed by atoms with E-state index in [4.69, 9.17) is 5.73 Å². The van der Waals surface area contributed by atoms with Gasteiger partial charge < -0.3 is 5.73 Å². The maximum absolute atomic E-state index is 5.89. The van der Waals surface area contributed by atoms with Crippen molar-refractivity contribution in [3.8, 4) is 0 Å². The van der Waals surface area contributed by atoms with E-state index in [9.17, 15) is 0 Å². The topological polar surface area (TPSA) is 38.9 Å². The number of aromatic nitrogens is 1. The van der Waals surface area contributed by atoms with Gasteiger partial charge in [-0.15, -0.1) is 11.8 Å². The smallest absolute Gasteiger partial charge is 0.131 e. The Labute approximate surface area is 118 Å². The Hall–Kier alpha value is -1.22. The summed E-state index contributed by atoms with van der Waals surface area (Å²) in [5, 5.41) is 3.04. The number of thioether (sulfide) groups is 1. The number of hydrogen-bond acceptors (Lipinski definition) is 3. The zero-order valence-corrected chi connectivity index (χ0v) is 12.1. The van der Waals surface area contributed by atoms with E-state index in [1.807, 2.05) is 17.8 Å². The molecule has 1 fully saturated rings. The zero-order valence-electron chi connectivity index (χ0n) is 11.3. The average molecular weight is 272 g/mol. The molecule has 0 saturated heterocycles. The summed E-state index contributed by atoms with van der Waals surface area (Å²) in [7, 11) is 0. The highest BCUT2D eigenvalue weighted by Gasteiger charge is 2.19. The van der Waals surface area contributed by atoms with Crippen LogP contribution in [-0.2, 0) is 0 Å². The van der Waals surface area contributed by atoms with Crippen LogP contribution in [0.1, 0.15) is 32.6 Å². The lowest BCUT2D eigenvalue weighted by Crippen LogP contribution is -2.13. The minimum Gasteiger partial charge on any atom is -0.383 e. The molecule has 0 aliphatic heterocycles. The molecule has 2 N–H and O–H groups in total. The molecule has 2 nitrogen and oxygen atoms in total. The molecule has 1 aromatic carbocycles. The summed E-state index contributed by atoms with van der Waals surface area (Å²) >= 11 is 2.03. The van der Waals surface area contributed by atoms with E-state index in [0.717, 1.165) is 16.6 Å². The van der Waals surface area contributed by atoms with Crippen molar-refractivity contribution < 1.29 is 0 Å². The molecule has 1 aromatic heterocycles. The van der Waals surface area contributed by atoms with Crippen LogP contribution in [-0.4, -0.2) is 10.2 Å². The molecule has 1 saturated carbocycles. The number of anilines is 1. The van der Waals surface area contributed by atoms with Gasteiger partial charge in [0.15, 0.2) is 0 Å². The molecule has 100 valence electrons. The van der Waals surface area contributed by atoms with Crippen molar-refractivity contribution in [3.63, 3.8) is 0 Å². The van der Waals surface area contributed by atoms with E-state index in [1.165, 1.54) is 36.0 Å². The molecule has 1 aliphatic carbocycles. The van der Waals surface area contributed by atoms with Crippen molar-refractivity contribution in [2.45, 2.75) is 42.8 Å². The van der Waals surface area contributed by atoms with Crippen molar-refractivity contribution in [1.29, 1.82) is 0 Å². The van der Waals surface area contributed by atoms with Crippen LogP contribution in [0.4, 0.5) is 5.82 Å². The number of benzene rings is 1. The van der Waals surface area contributed by atoms with E-state index in [0.29, 0.717) is 5.82 Å². The van der Waals surface area contributed by atoms with Gasteiger partial charge in [-0.2, -0.15) is 0 Å². The van der Waals surface area contributed by atoms with Crippen LogP contribution in [0.15, 0.2) is 35.4 Å². The Bertz CT molecular complexity index is 574. The molecular formula is C16H20N2S. The summed E-state index contributed by atoms with van der Waals surface area (Å²) in [6, 6.07) is 8.57. The summed E-state index contributed by atoms with van der Waals surface area (Å²) < 4.78 is 0. The molecular weight excluding hydrogens is 252 g/mol. The molecule has 0 bridgehead atoms. The maximum Gasteiger partial charge on any atom is 0.131 e. The van der Waals surface area contributed by atoms with Gasteiger partial charge in [0.2, 0.25) is 0 Å². The van der Waals surface area contributed by atoms with Gasteiger partial charge in [0.1, 0.15) is 5.82 Å². The maximum atomic E-state index is 5.89. The van der Waals surface area contributed by atoms with E-state index in [-0.39, 0.29) is 0 Å². The highest BCUT2D eigenvalue weighted by atomic mass is 32.2. The highest BCUT2D eigenvalue weighted by molar-refractivity contribution is 8.00. The minimum absolute atomic E-state index is 0.626. The van der Waals surface area contributed by atoms with Gasteiger partial charge in [-0.1, -0.05) is 6.92 Å². The number of pyridine rings is 1. The Morgan fingerprint density at radius 1 is 1.16 bits per heavy atom. The van der Waals surface area contributed by atoms with Gasteiger partial charge in [0.05, 0.1) is 0 Å². The lowest BCUT2D eigenvalue weighted by Gasteiger charge is -2.25. The number of nitrogens with zero attached hydrogens (tertiary/aromatic N) is 1. The predicted molar refractivity (Wildman–Crippen MR) is 83.4 cm³/mol. The van der Waals surface area contributed by atoms with Crippen molar-refractivity contribution in [3.05, 3.63) is 30.5 Å². The van der Waals surface area contributed by atoms with Crippen LogP contribution in [0, 0.1) is 5.92 Å². The number of nitrogen functional groups attached to an aromatic ring is 1. The second-order valence-electron chi connectivity index (χ2n) is 5.58. The first-order valence-corrected chi connectivity index (χ1v) is 7.91. The van der Waals surface area contributed by atoms with E-state index < -0.39 is 0 Å². The SMILES string of the molecule is C[C@H]1CC[C@@H](Sc2ccc3c(N)nccc3c2)CC1. The van der Waals surface area contributed by atoms with Crippen molar-refractivity contribution in [1.82, 2.24) is 4.98 Å². The molecule has 1 heterocycles. The summed E-state index contributed by atoms with van der Waals surface area (Å²) in [5.74, 6) is 1.54. The predicted octanol–water partition coefficient (Wildman–Crippen LogP) is 4.49. The van der Waals surface area contributed by atoms with Crippen molar-refractivity contribution in [2.24, 2.45) is 5.92 Å². The third kappa shape index (κ3) is 2.86. The number of fused-ring (bicyclic) bond motifs is 1. The van der Waals surface area contributed by atoms with Gasteiger partial charge in [-0.25, -0.2) is 4.98 Å². The molecule has 1 aliphatic rings. The minimum atomic E-state index is 0.626. The first-order chi connectivity index (χ1) is 9.22. The monoisotopic (exact) mass is 272 g/mol. The summed E-state index contributed by atoms with van der Waals surface area (Å²) in [6.45, 7) is 2.37. The molecule has 0 amide bonds. The largest absolute Gasteiger partial charge is 0.383 e. The third-order valence-corrected chi connectivity index (χ3v) is 5.36. The van der Waals surface area contributed by atoms with Crippen LogP contribution in [0.2, 0.25) is 0 Å². The van der Waals surface area contributed by atoms with E-state index >= 15 is 0 Å². The number of hydrogen-bond donors (Lipinski definition) is 1. The van der Waals surface area contributed by atoms with Gasteiger partial charge in [0.25, 0.3) is 0 Å². The Morgan fingerprint density at radius 2 is 1.95 bits per heavy atom. The van der Waals surface area contributed by atoms with Crippen LogP contribution >= 0.6 is 11.8 Å². The van der Waals surface area contributed by atoms with Crippen LogP contribution in [0.5, 0.6) is 0 Å². The van der Waals surface area contributed by atoms with Crippen LogP contribution in [0.3, 0.4) is 0 Å². The fourth-order valence-electron chi connectivity index (χ4n) is 2.79. The Morgan fingerprint density at radius 3 is 2.74 bits per heavy atom. The lowest BCUT2D eigenvalue weighted by molar-refractivity contribution is 0.393. The summed E-state index contributed by atoms with van der Waals surface area (Å²) in [4.78, 5) is 5.49. The first kappa shape index (κ1) is 12.8. The highest BCUT2D eigenvalue weighted by Crippen LogP contribution is 2.36. The zero-order chi connectivity index (χ0) is 13.2. The van der Waals surface area contributed by atoms with Crippen LogP contribution < -0.4 is 5.73 Å². The second-order valence-corrected chi connectivity index (χ2v) is 6.95. The van der Waals surface area contributed by atoms with E-state index in [1.54, 1.807) is 6.20 Å².